The molecule has 5 aliphatic rings. The number of pyridine rings is 1. The Balaban J connectivity index is 0.671. The molecule has 1 saturated carbocycles. The van der Waals surface area contributed by atoms with Crippen molar-refractivity contribution in [2.45, 2.75) is 108 Å². The molecule has 2 atom stereocenters. The number of nitrogens with zero attached hydrogens (tertiary/aromatic N) is 5. The summed E-state index contributed by atoms with van der Waals surface area (Å²) >= 11 is 1.48. The van der Waals surface area contributed by atoms with Crippen molar-refractivity contribution in [1.29, 1.82) is 0 Å². The SMILES string of the molecule is Cc1c(OC2CCC(CCC(=O)N3CCC(c4cc5c(cc4F)C(=O)N(C4CCC(=O)NC4=O)C5=O)CC3)CC2)cccc1-c1ccc(N2CCc3cccc(C(O)Nc4nc5ccccc5s4)c3C2)nc1C(=O)O. The number of ether oxygens (including phenoxy) is 1. The van der Waals surface area contributed by atoms with Crippen LogP contribution < -0.4 is 20.3 Å². The summed E-state index contributed by atoms with van der Waals surface area (Å²) in [6.45, 7) is 3.87. The molecule has 4 aliphatic heterocycles. The molecule has 11 rings (SSSR count). The van der Waals surface area contributed by atoms with E-state index in [1.54, 1.807) is 0 Å². The van der Waals surface area contributed by atoms with Crippen LogP contribution in [0.5, 0.6) is 5.75 Å². The van der Waals surface area contributed by atoms with Gasteiger partial charge in [-0.1, -0.05) is 53.8 Å². The number of rotatable bonds is 13. The number of halogens is 1. The molecule has 6 aromatic rings. The van der Waals surface area contributed by atoms with Gasteiger partial charge in [0.1, 0.15) is 23.4 Å². The Morgan fingerprint density at radius 2 is 1.60 bits per heavy atom. The number of benzene rings is 4. The van der Waals surface area contributed by atoms with E-state index in [4.69, 9.17) is 9.72 Å². The summed E-state index contributed by atoms with van der Waals surface area (Å²) in [6.07, 6.45) is 5.21. The number of hydrogen-bond acceptors (Lipinski definition) is 13. The smallest absolute Gasteiger partial charge is 0.355 e. The zero-order valence-corrected chi connectivity index (χ0v) is 42.2. The van der Waals surface area contributed by atoms with Gasteiger partial charge in [0, 0.05) is 50.1 Å². The Bertz CT molecular complexity index is 3260. The van der Waals surface area contributed by atoms with E-state index in [1.165, 1.54) is 17.4 Å². The maximum absolute atomic E-state index is 15.6. The fourth-order valence-corrected chi connectivity index (χ4v) is 12.6. The highest BCUT2D eigenvalue weighted by atomic mass is 32.1. The maximum Gasteiger partial charge on any atom is 0.355 e. The van der Waals surface area contributed by atoms with Crippen molar-refractivity contribution in [3.63, 3.8) is 0 Å². The second-order valence-electron chi connectivity index (χ2n) is 20.3. The Morgan fingerprint density at radius 1 is 0.840 bits per heavy atom. The second-order valence-corrected chi connectivity index (χ2v) is 21.3. The Morgan fingerprint density at radius 3 is 2.36 bits per heavy atom. The number of amides is 5. The molecule has 16 nitrogen and oxygen atoms in total. The van der Waals surface area contributed by atoms with E-state index in [-0.39, 0.29) is 47.6 Å². The number of likely N-dealkylation sites (tertiary alicyclic amines) is 1. The van der Waals surface area contributed by atoms with Crippen LogP contribution in [0.1, 0.15) is 135 Å². The fourth-order valence-electron chi connectivity index (χ4n) is 11.7. The van der Waals surface area contributed by atoms with Crippen molar-refractivity contribution >= 4 is 68.0 Å². The number of carbonyl (C=O) groups excluding carboxylic acids is 5. The molecule has 1 aliphatic carbocycles. The number of carboxylic acid groups (broad SMARTS) is 1. The van der Waals surface area contributed by atoms with Gasteiger partial charge in [-0.25, -0.2) is 19.2 Å². The Labute approximate surface area is 435 Å². The average Bonchev–Trinajstić information content (AvgIpc) is 3.94. The summed E-state index contributed by atoms with van der Waals surface area (Å²) < 4.78 is 23.2. The maximum atomic E-state index is 15.6. The van der Waals surface area contributed by atoms with E-state index < -0.39 is 47.7 Å². The van der Waals surface area contributed by atoms with Gasteiger partial charge in [0.05, 0.1) is 27.4 Å². The number of imide groups is 2. The summed E-state index contributed by atoms with van der Waals surface area (Å²) in [7, 11) is 0. The summed E-state index contributed by atoms with van der Waals surface area (Å²) in [6, 6.07) is 24.5. The van der Waals surface area contributed by atoms with E-state index in [2.05, 4.69) is 26.6 Å². The third-order valence-corrected chi connectivity index (χ3v) is 16.8. The van der Waals surface area contributed by atoms with Crippen LogP contribution >= 0.6 is 11.3 Å². The normalized spacial score (nSPS) is 20.5. The molecular formula is C57H56FN7O9S. The van der Waals surface area contributed by atoms with Gasteiger partial charge in [0.25, 0.3) is 11.8 Å². The van der Waals surface area contributed by atoms with Crippen LogP contribution in [0, 0.1) is 18.7 Å². The van der Waals surface area contributed by atoms with Gasteiger partial charge < -0.3 is 30.1 Å². The number of aromatic nitrogens is 2. The molecule has 5 amide bonds. The molecule has 2 saturated heterocycles. The van der Waals surface area contributed by atoms with Gasteiger partial charge in [-0.3, -0.25) is 34.2 Å². The van der Waals surface area contributed by atoms with Crippen molar-refractivity contribution in [2.24, 2.45) is 5.92 Å². The lowest BCUT2D eigenvalue weighted by atomic mass is 9.84. The van der Waals surface area contributed by atoms with Gasteiger partial charge in [-0.2, -0.15) is 0 Å². The molecule has 75 heavy (non-hydrogen) atoms. The first-order valence-corrected chi connectivity index (χ1v) is 26.6. The Hall–Kier alpha value is -7.57. The number of carboxylic acids is 1. The predicted octanol–water partition coefficient (Wildman–Crippen LogP) is 8.69. The molecule has 18 heteroatoms. The zero-order valence-electron chi connectivity index (χ0n) is 41.4. The first-order valence-electron chi connectivity index (χ1n) is 25.8. The highest BCUT2D eigenvalue weighted by Gasteiger charge is 2.45. The fraction of sp³-hybridized carbons (Fsp3) is 0.368. The van der Waals surface area contributed by atoms with Crippen molar-refractivity contribution in [2.75, 3.05) is 29.9 Å². The highest BCUT2D eigenvalue weighted by molar-refractivity contribution is 7.22. The van der Waals surface area contributed by atoms with Gasteiger partial charge >= 0.3 is 5.97 Å². The molecule has 4 N–H and O–H groups in total. The molecule has 0 spiro atoms. The third-order valence-electron chi connectivity index (χ3n) is 15.8. The number of aromatic carboxylic acids is 1. The number of piperidine rings is 2. The minimum Gasteiger partial charge on any atom is -0.490 e. The number of thiazole rings is 1. The summed E-state index contributed by atoms with van der Waals surface area (Å²) in [5.74, 6) is -3.01. The van der Waals surface area contributed by atoms with Gasteiger partial charge in [-0.15, -0.1) is 0 Å². The van der Waals surface area contributed by atoms with E-state index in [0.29, 0.717) is 85.6 Å². The quantitative estimate of drug-likeness (QED) is 0.0631. The molecular weight excluding hydrogens is 978 g/mol. The average molecular weight is 1030 g/mol. The number of anilines is 2. The lowest BCUT2D eigenvalue weighted by Crippen LogP contribution is -2.54. The van der Waals surface area contributed by atoms with Crippen LogP contribution in [0.3, 0.4) is 0 Å². The number of hydrogen-bond donors (Lipinski definition) is 4. The Kier molecular flexibility index (Phi) is 13.6. The predicted molar refractivity (Wildman–Crippen MR) is 278 cm³/mol. The van der Waals surface area contributed by atoms with Crippen molar-refractivity contribution in [1.82, 2.24) is 25.1 Å². The number of aliphatic hydroxyl groups is 1. The molecule has 6 heterocycles. The molecule has 4 aromatic carbocycles. The monoisotopic (exact) mass is 1030 g/mol. The van der Waals surface area contributed by atoms with Gasteiger partial charge in [0.2, 0.25) is 17.7 Å². The number of nitrogens with one attached hydrogen (secondary N) is 2. The molecule has 0 radical (unpaired) electrons. The third kappa shape index (κ3) is 9.84. The van der Waals surface area contributed by atoms with Crippen molar-refractivity contribution < 1.29 is 48.1 Å². The summed E-state index contributed by atoms with van der Waals surface area (Å²) in [5, 5.41) is 27.9. The van der Waals surface area contributed by atoms with Crippen molar-refractivity contribution in [3.8, 4) is 16.9 Å². The van der Waals surface area contributed by atoms with Crippen LogP contribution in [0.25, 0.3) is 21.3 Å². The molecule has 2 unspecified atom stereocenters. The van der Waals surface area contributed by atoms with E-state index in [9.17, 15) is 39.0 Å². The van der Waals surface area contributed by atoms with E-state index >= 15 is 4.39 Å². The van der Waals surface area contributed by atoms with Crippen LogP contribution in [0.15, 0.2) is 84.9 Å². The highest BCUT2D eigenvalue weighted by Crippen LogP contribution is 2.40. The summed E-state index contributed by atoms with van der Waals surface area (Å²) in [5.41, 5.74) is 5.89. The molecule has 386 valence electrons. The minimum absolute atomic E-state index is 0.00955. The molecule has 0 bridgehead atoms. The first-order chi connectivity index (χ1) is 36.3. The van der Waals surface area contributed by atoms with Crippen molar-refractivity contribution in [3.05, 3.63) is 135 Å². The lowest BCUT2D eigenvalue weighted by molar-refractivity contribution is -0.136. The number of carbonyl (C=O) groups is 6. The van der Waals surface area contributed by atoms with Crippen LogP contribution in [-0.2, 0) is 27.3 Å². The number of fused-ring (bicyclic) bond motifs is 3. The van der Waals surface area contributed by atoms with Gasteiger partial charge in [-0.05, 0) is 147 Å². The van der Waals surface area contributed by atoms with E-state index in [1.807, 2.05) is 78.6 Å². The topological polar surface area (TPSA) is 212 Å². The lowest BCUT2D eigenvalue weighted by Gasteiger charge is -2.33. The minimum atomic E-state index is -1.14. The van der Waals surface area contributed by atoms with Crippen LogP contribution in [0.2, 0.25) is 0 Å². The van der Waals surface area contributed by atoms with Gasteiger partial charge in [0.15, 0.2) is 17.1 Å². The number of aliphatic hydroxyl groups excluding tert-OH is 1. The largest absolute Gasteiger partial charge is 0.490 e. The van der Waals surface area contributed by atoms with E-state index in [0.717, 1.165) is 81.1 Å². The number of para-hydroxylation sites is 1. The molecule has 3 fully saturated rings. The second kappa shape index (κ2) is 20.6. The standard InChI is InChI=1S/C57H56FN7O9S/c1-31-36(37-17-19-48(60-51(37)56(72)73)64-27-24-33-6-4-8-38(42(33)30-64)52(68)62-57-59-44-9-2-3-11-47(44)75-57)7-5-10-46(31)74-35-15-12-32(13-16-35)14-21-50(67)63-25-22-34(23-26-63)39-28-40-41(29-43(39)58)55(71)65(54(40)70)45-18-20-49(66)61-53(45)69/h2-11,17,19,28-29,32,34-35,45,52,68H,12-16,18,20-27,30H2,1H3,(H,59,62)(H,72,73)(H,61,66,69). The van der Waals surface area contributed by atoms with Crippen LogP contribution in [0.4, 0.5) is 15.3 Å². The molecule has 2 aromatic heterocycles. The summed E-state index contributed by atoms with van der Waals surface area (Å²) in [4.78, 5) is 91.2. The first kappa shape index (κ1) is 49.6. The van der Waals surface area contributed by atoms with Crippen LogP contribution in [-0.4, -0.2) is 97.3 Å². The zero-order chi connectivity index (χ0) is 52.1.